The Balaban J connectivity index is 2.32. The van der Waals surface area contributed by atoms with Crippen molar-refractivity contribution >= 4 is 6.85 Å². The molecule has 2 heteroatoms. The highest BCUT2D eigenvalue weighted by Gasteiger charge is 2.04. The van der Waals surface area contributed by atoms with Crippen molar-refractivity contribution in [2.45, 2.75) is 13.1 Å². The van der Waals surface area contributed by atoms with Gasteiger partial charge in [-0.05, 0) is 12.5 Å². The first-order valence-electron chi connectivity index (χ1n) is 2.30. The van der Waals surface area contributed by atoms with Crippen LogP contribution in [0.4, 0.5) is 0 Å². The smallest absolute Gasteiger partial charge is 0.251 e. The van der Waals surface area contributed by atoms with Crippen LogP contribution in [0.2, 0.25) is 13.1 Å². The second-order valence-corrected chi connectivity index (χ2v) is 1.71. The van der Waals surface area contributed by atoms with Crippen molar-refractivity contribution in [2.24, 2.45) is 0 Å². The highest BCUT2D eigenvalue weighted by Crippen LogP contribution is 1.95. The van der Waals surface area contributed by atoms with Gasteiger partial charge < -0.3 is 5.23 Å². The Hall–Kier alpha value is -0.395. The first-order chi connectivity index (χ1) is 2.89. The summed E-state index contributed by atoms with van der Waals surface area (Å²) in [6, 6.07) is 0. The van der Waals surface area contributed by atoms with E-state index in [9.17, 15) is 0 Å². The molecule has 0 radical (unpaired) electrons. The van der Waals surface area contributed by atoms with E-state index in [-0.39, 0.29) is 0 Å². The van der Waals surface area contributed by atoms with E-state index >= 15 is 0 Å². The van der Waals surface area contributed by atoms with Gasteiger partial charge >= 0.3 is 0 Å². The quantitative estimate of drug-likeness (QED) is 0.423. The largest absolute Gasteiger partial charge is 0.434 e. The van der Waals surface area contributed by atoms with E-state index in [1.807, 2.05) is 6.20 Å². The molecule has 0 saturated carbocycles. The number of hydrogen-bond donors (Lipinski definition) is 1. The molecular weight excluding hydrogens is 72.9 g/mol. The second-order valence-electron chi connectivity index (χ2n) is 1.71. The van der Waals surface area contributed by atoms with E-state index in [0.717, 1.165) is 0 Å². The molecule has 0 aromatic heterocycles. The fourth-order valence-corrected chi connectivity index (χ4v) is 0.573. The molecular formula is C4H8BN. The van der Waals surface area contributed by atoms with Crippen LogP contribution < -0.4 is 5.23 Å². The van der Waals surface area contributed by atoms with Crippen LogP contribution in [0.3, 0.4) is 0 Å². The minimum atomic E-state index is 0.685. The van der Waals surface area contributed by atoms with Gasteiger partial charge in [0, 0.05) is 0 Å². The van der Waals surface area contributed by atoms with Gasteiger partial charge in [-0.25, -0.2) is 0 Å². The molecule has 6 heavy (non-hydrogen) atoms. The highest BCUT2D eigenvalue weighted by atomic mass is 14.7. The van der Waals surface area contributed by atoms with Gasteiger partial charge in [-0.2, -0.15) is 0 Å². The van der Waals surface area contributed by atoms with Gasteiger partial charge in [0.1, 0.15) is 0 Å². The van der Waals surface area contributed by atoms with Gasteiger partial charge in [0.2, 0.25) is 0 Å². The van der Waals surface area contributed by atoms with E-state index in [2.05, 4.69) is 18.1 Å². The lowest BCUT2D eigenvalue weighted by Crippen LogP contribution is -2.18. The normalized spacial score (nSPS) is 18.5. The molecule has 0 atom stereocenters. The van der Waals surface area contributed by atoms with Gasteiger partial charge in [0.05, 0.1) is 0 Å². The summed E-state index contributed by atoms with van der Waals surface area (Å²) in [6.45, 7) is 2.85. The minimum absolute atomic E-state index is 0.685. The molecule has 32 valence electrons. The van der Waals surface area contributed by atoms with Crippen LogP contribution in [-0.4, -0.2) is 6.85 Å². The molecule has 0 spiro atoms. The predicted molar refractivity (Wildman–Crippen MR) is 28.7 cm³/mol. The number of nitrogens with one attached hydrogen (secondary N) is 1. The minimum Gasteiger partial charge on any atom is -0.434 e. The van der Waals surface area contributed by atoms with E-state index in [4.69, 9.17) is 0 Å². The van der Waals surface area contributed by atoms with Gasteiger partial charge in [-0.1, -0.05) is 12.9 Å². The lowest BCUT2D eigenvalue weighted by atomic mass is 9.64. The van der Waals surface area contributed by atoms with Crippen molar-refractivity contribution in [2.75, 3.05) is 0 Å². The lowest BCUT2D eigenvalue weighted by molar-refractivity contribution is 1.36. The third-order valence-electron chi connectivity index (χ3n) is 0.988. The molecule has 0 aromatic rings. The van der Waals surface area contributed by atoms with Crippen molar-refractivity contribution < 1.29 is 0 Å². The van der Waals surface area contributed by atoms with Crippen LogP contribution >= 0.6 is 0 Å². The molecule has 1 N–H and O–H groups in total. The van der Waals surface area contributed by atoms with E-state index < -0.39 is 0 Å². The van der Waals surface area contributed by atoms with Crippen molar-refractivity contribution in [1.29, 1.82) is 0 Å². The maximum Gasteiger partial charge on any atom is 0.251 e. The Labute approximate surface area is 38.5 Å². The molecule has 1 rings (SSSR count). The van der Waals surface area contributed by atoms with Gasteiger partial charge in [-0.3, -0.25) is 0 Å². The summed E-state index contributed by atoms with van der Waals surface area (Å²) in [5.41, 5.74) is 0. The lowest BCUT2D eigenvalue weighted by Gasteiger charge is -1.91. The molecule has 0 aromatic carbocycles. The van der Waals surface area contributed by atoms with Gasteiger partial charge in [0.15, 0.2) is 0 Å². The third kappa shape index (κ3) is 0.561. The Morgan fingerprint density at radius 1 is 1.83 bits per heavy atom. The second kappa shape index (κ2) is 1.37. The van der Waals surface area contributed by atoms with Crippen LogP contribution in [0.1, 0.15) is 0 Å². The highest BCUT2D eigenvalue weighted by molar-refractivity contribution is 6.56. The summed E-state index contributed by atoms with van der Waals surface area (Å²) in [4.78, 5) is 0. The summed E-state index contributed by atoms with van der Waals surface area (Å²) in [5.74, 6) is 0. The topological polar surface area (TPSA) is 12.0 Å². The SMILES string of the molecule is CB1CC=CN1. The number of hydrogen-bond acceptors (Lipinski definition) is 1. The maximum atomic E-state index is 3.14. The Morgan fingerprint density at radius 2 is 2.67 bits per heavy atom. The molecule has 0 saturated heterocycles. The monoisotopic (exact) mass is 81.1 g/mol. The number of rotatable bonds is 0. The molecule has 0 amide bonds. The fourth-order valence-electron chi connectivity index (χ4n) is 0.573. The summed E-state index contributed by atoms with van der Waals surface area (Å²) in [7, 11) is 0. The molecule has 0 aliphatic carbocycles. The first-order valence-corrected chi connectivity index (χ1v) is 2.30. The summed E-state index contributed by atoms with van der Waals surface area (Å²) >= 11 is 0. The zero-order valence-electron chi connectivity index (χ0n) is 3.94. The Morgan fingerprint density at radius 3 is 2.83 bits per heavy atom. The summed E-state index contributed by atoms with van der Waals surface area (Å²) in [6.07, 6.45) is 5.34. The van der Waals surface area contributed by atoms with Crippen LogP contribution in [0.5, 0.6) is 0 Å². The molecule has 1 aliphatic rings. The van der Waals surface area contributed by atoms with E-state index in [1.54, 1.807) is 0 Å². The summed E-state index contributed by atoms with van der Waals surface area (Å²) < 4.78 is 0. The molecule has 0 unspecified atom stereocenters. The molecule has 1 aliphatic heterocycles. The average molecular weight is 80.9 g/mol. The summed E-state index contributed by atoms with van der Waals surface area (Å²) in [5, 5.41) is 3.14. The van der Waals surface area contributed by atoms with Crippen molar-refractivity contribution in [1.82, 2.24) is 5.23 Å². The molecule has 1 heterocycles. The standard InChI is InChI=1S/C4H8BN/c1-5-3-2-4-6-5/h2,4,6H,3H2,1H3. The fraction of sp³-hybridized carbons (Fsp3) is 0.500. The van der Waals surface area contributed by atoms with Gasteiger partial charge in [-0.15, -0.1) is 0 Å². The van der Waals surface area contributed by atoms with Crippen molar-refractivity contribution in [3.63, 3.8) is 0 Å². The maximum absolute atomic E-state index is 3.14. The van der Waals surface area contributed by atoms with E-state index in [0.29, 0.717) is 6.85 Å². The Bertz CT molecular complexity index is 61.9. The molecule has 0 fully saturated rings. The van der Waals surface area contributed by atoms with Crippen LogP contribution in [0.15, 0.2) is 12.3 Å². The first kappa shape index (κ1) is 3.78. The predicted octanol–water partition coefficient (Wildman–Crippen LogP) is 0.725. The zero-order valence-corrected chi connectivity index (χ0v) is 3.94. The van der Waals surface area contributed by atoms with Crippen LogP contribution in [0.25, 0.3) is 0 Å². The molecule has 0 bridgehead atoms. The van der Waals surface area contributed by atoms with Crippen molar-refractivity contribution in [3.8, 4) is 0 Å². The van der Waals surface area contributed by atoms with Crippen LogP contribution in [0, 0.1) is 0 Å². The van der Waals surface area contributed by atoms with Crippen LogP contribution in [-0.2, 0) is 0 Å². The van der Waals surface area contributed by atoms with E-state index in [1.165, 1.54) is 6.32 Å². The molecule has 1 nitrogen and oxygen atoms in total. The van der Waals surface area contributed by atoms with Crippen molar-refractivity contribution in [3.05, 3.63) is 12.3 Å². The third-order valence-corrected chi connectivity index (χ3v) is 0.988. The average Bonchev–Trinajstić information content (AvgIpc) is 1.86. The van der Waals surface area contributed by atoms with Gasteiger partial charge in [0.25, 0.3) is 6.85 Å². The zero-order chi connectivity index (χ0) is 4.41. The number of allylic oxidation sites excluding steroid dienone is 1. The Kier molecular flexibility index (Phi) is 0.865.